The zero-order valence-electron chi connectivity index (χ0n) is 16.5. The van der Waals surface area contributed by atoms with Gasteiger partial charge in [-0.2, -0.15) is 4.31 Å². The van der Waals surface area contributed by atoms with Gasteiger partial charge in [-0.25, -0.2) is 8.42 Å². The molecule has 2 aliphatic rings. The highest BCUT2D eigenvalue weighted by Crippen LogP contribution is 2.21. The van der Waals surface area contributed by atoms with E-state index in [1.807, 2.05) is 0 Å². The van der Waals surface area contributed by atoms with Crippen LogP contribution in [-0.2, 0) is 40.7 Å². The van der Waals surface area contributed by atoms with Crippen LogP contribution in [0, 0.1) is 0 Å². The Bertz CT molecular complexity index is 963. The summed E-state index contributed by atoms with van der Waals surface area (Å²) in [5.74, 6) is 1.75. The van der Waals surface area contributed by atoms with E-state index in [0.717, 1.165) is 55.9 Å². The van der Waals surface area contributed by atoms with E-state index >= 15 is 0 Å². The van der Waals surface area contributed by atoms with Gasteiger partial charge in [-0.05, 0) is 43.4 Å². The molecule has 4 rings (SSSR count). The lowest BCUT2D eigenvalue weighted by molar-refractivity contribution is -0.121. The minimum Gasteiger partial charge on any atom is -0.349 e. The van der Waals surface area contributed by atoms with Crippen LogP contribution in [0.1, 0.15) is 49.3 Å². The van der Waals surface area contributed by atoms with Crippen molar-refractivity contribution >= 4 is 15.9 Å². The van der Waals surface area contributed by atoms with Crippen molar-refractivity contribution in [3.63, 3.8) is 0 Å². The van der Waals surface area contributed by atoms with Crippen LogP contribution in [0.3, 0.4) is 0 Å². The molecule has 0 saturated carbocycles. The number of hydrogen-bond donors (Lipinski definition) is 1. The molecule has 3 heterocycles. The van der Waals surface area contributed by atoms with Crippen molar-refractivity contribution in [3.05, 3.63) is 41.5 Å². The van der Waals surface area contributed by atoms with Crippen LogP contribution in [0.25, 0.3) is 0 Å². The highest BCUT2D eigenvalue weighted by Gasteiger charge is 2.25. The van der Waals surface area contributed by atoms with Gasteiger partial charge in [0.05, 0.1) is 11.4 Å². The molecule has 29 heavy (non-hydrogen) atoms. The molecule has 1 fully saturated rings. The second-order valence-corrected chi connectivity index (χ2v) is 9.61. The summed E-state index contributed by atoms with van der Waals surface area (Å²) in [5.41, 5.74) is 0.945. The zero-order chi connectivity index (χ0) is 20.3. The number of sulfonamides is 1. The first-order chi connectivity index (χ1) is 14.0. The number of carbonyl (C=O) groups is 1. The SMILES string of the molecule is O=C(CCc1ccc(S(=O)(=O)N2CCCCC2)cc1)NCc1nnc2n1CCC2. The van der Waals surface area contributed by atoms with E-state index in [2.05, 4.69) is 20.1 Å². The molecule has 9 heteroatoms. The predicted octanol–water partition coefficient (Wildman–Crippen LogP) is 1.65. The van der Waals surface area contributed by atoms with Crippen LogP contribution >= 0.6 is 0 Å². The smallest absolute Gasteiger partial charge is 0.243 e. The number of benzene rings is 1. The van der Waals surface area contributed by atoms with Crippen LogP contribution in [0.15, 0.2) is 29.2 Å². The van der Waals surface area contributed by atoms with Crippen LogP contribution in [0.5, 0.6) is 0 Å². The molecule has 1 N–H and O–H groups in total. The number of fused-ring (bicyclic) bond motifs is 1. The Balaban J connectivity index is 1.28. The Kier molecular flexibility index (Phi) is 5.96. The molecule has 1 aromatic carbocycles. The monoisotopic (exact) mass is 417 g/mol. The first-order valence-corrected chi connectivity index (χ1v) is 11.7. The third-order valence-electron chi connectivity index (χ3n) is 5.65. The Morgan fingerprint density at radius 2 is 1.76 bits per heavy atom. The Morgan fingerprint density at radius 1 is 1.00 bits per heavy atom. The molecular weight excluding hydrogens is 390 g/mol. The predicted molar refractivity (Wildman–Crippen MR) is 108 cm³/mol. The normalized spacial score (nSPS) is 17.2. The standard InChI is InChI=1S/C20H27N5O3S/c26-20(21-15-19-23-22-18-5-4-14-25(18)19)11-8-16-6-9-17(10-7-16)29(27,28)24-12-2-1-3-13-24/h6-7,9-10H,1-5,8,11-15H2,(H,21,26). The molecule has 8 nitrogen and oxygen atoms in total. The fourth-order valence-corrected chi connectivity index (χ4v) is 5.46. The summed E-state index contributed by atoms with van der Waals surface area (Å²) in [6.45, 7) is 2.50. The van der Waals surface area contributed by atoms with Gasteiger partial charge in [-0.3, -0.25) is 4.79 Å². The maximum Gasteiger partial charge on any atom is 0.243 e. The van der Waals surface area contributed by atoms with Crippen molar-refractivity contribution in [2.24, 2.45) is 0 Å². The summed E-state index contributed by atoms with van der Waals surface area (Å²) in [6, 6.07) is 6.90. The summed E-state index contributed by atoms with van der Waals surface area (Å²) in [4.78, 5) is 12.5. The summed E-state index contributed by atoms with van der Waals surface area (Å²) in [5, 5.41) is 11.2. The number of piperidine rings is 1. The summed E-state index contributed by atoms with van der Waals surface area (Å²) >= 11 is 0. The summed E-state index contributed by atoms with van der Waals surface area (Å²) in [6.07, 6.45) is 5.87. The zero-order valence-corrected chi connectivity index (χ0v) is 17.3. The van der Waals surface area contributed by atoms with E-state index in [9.17, 15) is 13.2 Å². The molecule has 0 aliphatic carbocycles. The highest BCUT2D eigenvalue weighted by atomic mass is 32.2. The molecule has 1 aromatic heterocycles. The van der Waals surface area contributed by atoms with Crippen molar-refractivity contribution in [1.29, 1.82) is 0 Å². The maximum atomic E-state index is 12.7. The summed E-state index contributed by atoms with van der Waals surface area (Å²) < 4.78 is 29.0. The molecule has 1 saturated heterocycles. The van der Waals surface area contributed by atoms with Gasteiger partial charge in [0.2, 0.25) is 15.9 Å². The maximum absolute atomic E-state index is 12.7. The molecule has 156 valence electrons. The van der Waals surface area contributed by atoms with Crippen LogP contribution < -0.4 is 5.32 Å². The summed E-state index contributed by atoms with van der Waals surface area (Å²) in [7, 11) is -3.41. The van der Waals surface area contributed by atoms with Crippen LogP contribution in [-0.4, -0.2) is 46.5 Å². The number of aryl methyl sites for hydroxylation is 2. The number of carbonyl (C=O) groups excluding carboxylic acids is 1. The molecule has 0 atom stereocenters. The molecule has 0 bridgehead atoms. The van der Waals surface area contributed by atoms with Gasteiger partial charge in [0.25, 0.3) is 0 Å². The van der Waals surface area contributed by atoms with Crippen molar-refractivity contribution in [3.8, 4) is 0 Å². The van der Waals surface area contributed by atoms with Gasteiger partial charge in [-0.1, -0.05) is 18.6 Å². The van der Waals surface area contributed by atoms with Crippen molar-refractivity contribution in [2.75, 3.05) is 13.1 Å². The average molecular weight is 418 g/mol. The van der Waals surface area contributed by atoms with Crippen LogP contribution in [0.2, 0.25) is 0 Å². The topological polar surface area (TPSA) is 97.2 Å². The third kappa shape index (κ3) is 4.51. The minimum atomic E-state index is -3.41. The largest absolute Gasteiger partial charge is 0.349 e. The number of hydrogen-bond acceptors (Lipinski definition) is 5. The number of aromatic nitrogens is 3. The van der Waals surface area contributed by atoms with Gasteiger partial charge < -0.3 is 9.88 Å². The first-order valence-electron chi connectivity index (χ1n) is 10.3. The average Bonchev–Trinajstić information content (AvgIpc) is 3.36. The Labute approximate surface area is 171 Å². The Morgan fingerprint density at radius 3 is 2.52 bits per heavy atom. The van der Waals surface area contributed by atoms with Crippen molar-refractivity contribution in [2.45, 2.75) is 62.9 Å². The molecule has 2 aliphatic heterocycles. The van der Waals surface area contributed by atoms with Gasteiger partial charge in [0, 0.05) is 32.5 Å². The second-order valence-electron chi connectivity index (χ2n) is 7.67. The molecule has 1 amide bonds. The van der Waals surface area contributed by atoms with Crippen molar-refractivity contribution in [1.82, 2.24) is 24.4 Å². The molecule has 0 radical (unpaired) electrons. The van der Waals surface area contributed by atoms with Crippen LogP contribution in [0.4, 0.5) is 0 Å². The lowest BCUT2D eigenvalue weighted by Crippen LogP contribution is -2.35. The quantitative estimate of drug-likeness (QED) is 0.739. The van der Waals surface area contributed by atoms with Gasteiger partial charge in [0.1, 0.15) is 5.82 Å². The van der Waals surface area contributed by atoms with E-state index in [1.54, 1.807) is 28.6 Å². The van der Waals surface area contributed by atoms with Gasteiger partial charge in [-0.15, -0.1) is 10.2 Å². The fraction of sp³-hybridized carbons (Fsp3) is 0.550. The number of nitrogens with zero attached hydrogens (tertiary/aromatic N) is 4. The van der Waals surface area contributed by atoms with Crippen molar-refractivity contribution < 1.29 is 13.2 Å². The van der Waals surface area contributed by atoms with E-state index < -0.39 is 10.0 Å². The fourth-order valence-electron chi connectivity index (χ4n) is 3.95. The molecular formula is C20H27N5O3S. The van der Waals surface area contributed by atoms with Gasteiger partial charge in [0.15, 0.2) is 5.82 Å². The number of nitrogens with one attached hydrogen (secondary N) is 1. The van der Waals surface area contributed by atoms with E-state index in [1.165, 1.54) is 0 Å². The highest BCUT2D eigenvalue weighted by molar-refractivity contribution is 7.89. The molecule has 0 spiro atoms. The lowest BCUT2D eigenvalue weighted by atomic mass is 10.1. The lowest BCUT2D eigenvalue weighted by Gasteiger charge is -2.25. The Hall–Kier alpha value is -2.26. The number of amides is 1. The number of rotatable bonds is 7. The van der Waals surface area contributed by atoms with Gasteiger partial charge >= 0.3 is 0 Å². The van der Waals surface area contributed by atoms with E-state index in [4.69, 9.17) is 0 Å². The first kappa shape index (κ1) is 20.0. The van der Waals surface area contributed by atoms with E-state index in [-0.39, 0.29) is 5.91 Å². The second kappa shape index (κ2) is 8.62. The third-order valence-corrected chi connectivity index (χ3v) is 7.56. The minimum absolute atomic E-state index is 0.0506. The molecule has 2 aromatic rings. The van der Waals surface area contributed by atoms with E-state index in [0.29, 0.717) is 37.4 Å². The molecule has 0 unspecified atom stereocenters.